The normalized spacial score (nSPS) is 20.4. The van der Waals surface area contributed by atoms with Gasteiger partial charge in [-0.05, 0) is 18.6 Å². The van der Waals surface area contributed by atoms with Crippen LogP contribution < -0.4 is 10.6 Å². The highest BCUT2D eigenvalue weighted by molar-refractivity contribution is 7.91. The molecule has 0 spiro atoms. The van der Waals surface area contributed by atoms with E-state index in [0.29, 0.717) is 6.42 Å². The van der Waals surface area contributed by atoms with Crippen LogP contribution in [-0.4, -0.2) is 38.4 Å². The van der Waals surface area contributed by atoms with Crippen LogP contribution in [0.3, 0.4) is 0 Å². The number of carbonyl (C=O) groups is 1. The van der Waals surface area contributed by atoms with Crippen LogP contribution in [0.4, 0.5) is 18.9 Å². The van der Waals surface area contributed by atoms with Crippen molar-refractivity contribution in [3.63, 3.8) is 0 Å². The van der Waals surface area contributed by atoms with E-state index in [1.807, 2.05) is 0 Å². The van der Waals surface area contributed by atoms with Gasteiger partial charge in [0, 0.05) is 19.0 Å². The zero-order valence-electron chi connectivity index (χ0n) is 12.2. The van der Waals surface area contributed by atoms with Gasteiger partial charge in [0.15, 0.2) is 9.84 Å². The molecule has 0 saturated carbocycles. The first-order valence-electron chi connectivity index (χ1n) is 7.07. The summed E-state index contributed by atoms with van der Waals surface area (Å²) in [5, 5.41) is 5.18. The van der Waals surface area contributed by atoms with E-state index in [0.717, 1.165) is 6.07 Å². The summed E-state index contributed by atoms with van der Waals surface area (Å²) in [5.41, 5.74) is -1.18. The van der Waals surface area contributed by atoms with Gasteiger partial charge in [0.2, 0.25) is 5.91 Å². The second kappa shape index (κ2) is 6.88. The summed E-state index contributed by atoms with van der Waals surface area (Å²) < 4.78 is 61.0. The first-order chi connectivity index (χ1) is 10.7. The Hall–Kier alpha value is -1.61. The van der Waals surface area contributed by atoms with E-state index in [9.17, 15) is 26.4 Å². The predicted octanol–water partition coefficient (Wildman–Crippen LogP) is 1.81. The van der Waals surface area contributed by atoms with E-state index in [1.165, 1.54) is 18.2 Å². The molecule has 1 unspecified atom stereocenters. The molecule has 0 radical (unpaired) electrons. The quantitative estimate of drug-likeness (QED) is 0.849. The molecule has 1 aliphatic rings. The molecular formula is C14H17F3N2O3S. The van der Waals surface area contributed by atoms with E-state index in [-0.39, 0.29) is 36.2 Å². The zero-order valence-corrected chi connectivity index (χ0v) is 13.0. The summed E-state index contributed by atoms with van der Waals surface area (Å²) in [5.74, 6) is -0.406. The number of hydrogen-bond acceptors (Lipinski definition) is 4. The lowest BCUT2D eigenvalue weighted by atomic mass is 10.1. The summed E-state index contributed by atoms with van der Waals surface area (Å²) in [7, 11) is -3.00. The van der Waals surface area contributed by atoms with Crippen molar-refractivity contribution < 1.29 is 26.4 Å². The molecule has 2 N–H and O–H groups in total. The molecule has 23 heavy (non-hydrogen) atoms. The van der Waals surface area contributed by atoms with Crippen molar-refractivity contribution in [1.29, 1.82) is 0 Å². The molecule has 0 aliphatic carbocycles. The maximum Gasteiger partial charge on any atom is 0.418 e. The Morgan fingerprint density at radius 1 is 1.26 bits per heavy atom. The molecular weight excluding hydrogens is 333 g/mol. The van der Waals surface area contributed by atoms with Gasteiger partial charge >= 0.3 is 6.18 Å². The monoisotopic (exact) mass is 350 g/mol. The Balaban J connectivity index is 1.84. The highest BCUT2D eigenvalue weighted by atomic mass is 32.2. The van der Waals surface area contributed by atoms with Crippen molar-refractivity contribution in [3.05, 3.63) is 29.8 Å². The smallest absolute Gasteiger partial charge is 0.325 e. The van der Waals surface area contributed by atoms with Crippen LogP contribution in [0.2, 0.25) is 0 Å². The molecule has 5 nitrogen and oxygen atoms in total. The third-order valence-electron chi connectivity index (χ3n) is 3.52. The number of para-hydroxylation sites is 1. The average molecular weight is 350 g/mol. The summed E-state index contributed by atoms with van der Waals surface area (Å²) >= 11 is 0. The Labute approximate surface area is 132 Å². The fourth-order valence-corrected chi connectivity index (χ4v) is 4.11. The maximum atomic E-state index is 12.8. The summed E-state index contributed by atoms with van der Waals surface area (Å²) in [6, 6.07) is 4.55. The van der Waals surface area contributed by atoms with Gasteiger partial charge in [0.05, 0.1) is 22.8 Å². The number of carbonyl (C=O) groups excluding carboxylic acids is 1. The summed E-state index contributed by atoms with van der Waals surface area (Å²) in [4.78, 5) is 11.8. The van der Waals surface area contributed by atoms with Crippen molar-refractivity contribution >= 4 is 21.4 Å². The van der Waals surface area contributed by atoms with Gasteiger partial charge in [0.25, 0.3) is 0 Å². The number of halogens is 3. The minimum Gasteiger partial charge on any atom is -0.325 e. The first kappa shape index (κ1) is 17.7. The number of anilines is 1. The zero-order chi connectivity index (χ0) is 17.1. The molecule has 1 atom stereocenters. The molecule has 0 aromatic heterocycles. The molecule has 9 heteroatoms. The van der Waals surface area contributed by atoms with Crippen LogP contribution in [0.5, 0.6) is 0 Å². The Kier molecular flexibility index (Phi) is 5.30. The lowest BCUT2D eigenvalue weighted by Gasteiger charge is -2.14. The second-order valence-electron chi connectivity index (χ2n) is 5.40. The van der Waals surface area contributed by atoms with E-state index in [2.05, 4.69) is 10.6 Å². The molecule has 1 aromatic carbocycles. The van der Waals surface area contributed by atoms with E-state index in [1.54, 1.807) is 0 Å². The van der Waals surface area contributed by atoms with E-state index in [4.69, 9.17) is 0 Å². The SMILES string of the molecule is O=C(CCNC1CCS(=O)(=O)C1)Nc1ccccc1C(F)(F)F. The first-order valence-corrected chi connectivity index (χ1v) is 8.89. The molecule has 1 saturated heterocycles. The molecule has 1 heterocycles. The number of alkyl halides is 3. The molecule has 1 aliphatic heterocycles. The minimum absolute atomic E-state index is 0.0333. The molecule has 1 aromatic rings. The summed E-state index contributed by atoms with van der Waals surface area (Å²) in [6.45, 7) is 0.209. The number of hydrogen-bond donors (Lipinski definition) is 2. The van der Waals surface area contributed by atoms with Crippen LogP contribution in [0.15, 0.2) is 24.3 Å². The van der Waals surface area contributed by atoms with Gasteiger partial charge in [-0.25, -0.2) is 8.42 Å². The van der Waals surface area contributed by atoms with E-state index < -0.39 is 27.5 Å². The van der Waals surface area contributed by atoms with Gasteiger partial charge in [-0.2, -0.15) is 13.2 Å². The molecule has 1 amide bonds. The fourth-order valence-electron chi connectivity index (χ4n) is 2.40. The van der Waals surface area contributed by atoms with Crippen LogP contribution in [0.25, 0.3) is 0 Å². The van der Waals surface area contributed by atoms with Gasteiger partial charge in [0.1, 0.15) is 0 Å². The minimum atomic E-state index is -4.54. The van der Waals surface area contributed by atoms with Gasteiger partial charge in [-0.15, -0.1) is 0 Å². The Morgan fingerprint density at radius 2 is 1.96 bits per heavy atom. The maximum absolute atomic E-state index is 12.8. The van der Waals surface area contributed by atoms with Gasteiger partial charge in [-0.3, -0.25) is 4.79 Å². The van der Waals surface area contributed by atoms with Crippen LogP contribution in [0.1, 0.15) is 18.4 Å². The van der Waals surface area contributed by atoms with Crippen molar-refractivity contribution in [1.82, 2.24) is 5.32 Å². The average Bonchev–Trinajstić information content (AvgIpc) is 2.77. The molecule has 0 bridgehead atoms. The topological polar surface area (TPSA) is 75.3 Å². The third-order valence-corrected chi connectivity index (χ3v) is 5.29. The highest BCUT2D eigenvalue weighted by Crippen LogP contribution is 2.34. The van der Waals surface area contributed by atoms with E-state index >= 15 is 0 Å². The van der Waals surface area contributed by atoms with Crippen molar-refractivity contribution in [2.24, 2.45) is 0 Å². The highest BCUT2D eigenvalue weighted by Gasteiger charge is 2.33. The largest absolute Gasteiger partial charge is 0.418 e. The summed E-state index contributed by atoms with van der Waals surface area (Å²) in [6.07, 6.45) is -4.09. The van der Waals surface area contributed by atoms with Crippen LogP contribution >= 0.6 is 0 Å². The van der Waals surface area contributed by atoms with Crippen molar-refractivity contribution in [2.75, 3.05) is 23.4 Å². The number of sulfone groups is 1. The lowest BCUT2D eigenvalue weighted by molar-refractivity contribution is -0.137. The third kappa shape index (κ3) is 5.21. The van der Waals surface area contributed by atoms with Crippen molar-refractivity contribution in [2.45, 2.75) is 25.1 Å². The number of benzene rings is 1. The second-order valence-corrected chi connectivity index (χ2v) is 7.62. The van der Waals surface area contributed by atoms with Crippen LogP contribution in [0, 0.1) is 0 Å². The lowest BCUT2D eigenvalue weighted by Crippen LogP contribution is -2.32. The van der Waals surface area contributed by atoms with Gasteiger partial charge < -0.3 is 10.6 Å². The number of nitrogens with one attached hydrogen (secondary N) is 2. The molecule has 2 rings (SSSR count). The Morgan fingerprint density at radius 3 is 2.57 bits per heavy atom. The Bertz CT molecular complexity index is 674. The standard InChI is InChI=1S/C14H17F3N2O3S/c15-14(16,17)11-3-1-2-4-12(11)19-13(20)5-7-18-10-6-8-23(21,22)9-10/h1-4,10,18H,5-9H2,(H,19,20). The van der Waals surface area contributed by atoms with Gasteiger partial charge in [-0.1, -0.05) is 12.1 Å². The van der Waals surface area contributed by atoms with Crippen LogP contribution in [-0.2, 0) is 20.8 Å². The molecule has 1 fully saturated rings. The predicted molar refractivity (Wildman–Crippen MR) is 79.8 cm³/mol. The number of rotatable bonds is 5. The molecule has 128 valence electrons. The van der Waals surface area contributed by atoms with Crippen molar-refractivity contribution in [3.8, 4) is 0 Å². The number of amides is 1. The fraction of sp³-hybridized carbons (Fsp3) is 0.500.